The van der Waals surface area contributed by atoms with Crippen LogP contribution < -0.4 is 10.1 Å². The maximum atomic E-state index is 13.8. The summed E-state index contributed by atoms with van der Waals surface area (Å²) in [5, 5.41) is 12.8. The molecule has 3 nitrogen and oxygen atoms in total. The zero-order valence-electron chi connectivity index (χ0n) is 12.2. The van der Waals surface area contributed by atoms with Crippen molar-refractivity contribution in [1.29, 1.82) is 0 Å². The molecule has 0 heterocycles. The Hall–Kier alpha value is -1.13. The molecule has 1 aromatic carbocycles. The van der Waals surface area contributed by atoms with Gasteiger partial charge < -0.3 is 15.2 Å². The van der Waals surface area contributed by atoms with Gasteiger partial charge in [-0.25, -0.2) is 4.39 Å². The van der Waals surface area contributed by atoms with Crippen LogP contribution in [0.5, 0.6) is 5.75 Å². The van der Waals surface area contributed by atoms with Crippen molar-refractivity contribution in [3.05, 3.63) is 29.6 Å². The van der Waals surface area contributed by atoms with E-state index >= 15 is 0 Å². The summed E-state index contributed by atoms with van der Waals surface area (Å²) in [6.45, 7) is 8.64. The third kappa shape index (κ3) is 5.57. The van der Waals surface area contributed by atoms with Crippen LogP contribution in [-0.4, -0.2) is 23.4 Å². The molecule has 1 aromatic rings. The first kappa shape index (κ1) is 15.9. The number of hydrogen-bond donors (Lipinski definition) is 2. The van der Waals surface area contributed by atoms with E-state index in [0.29, 0.717) is 13.0 Å². The molecule has 19 heavy (non-hydrogen) atoms. The average Bonchev–Trinajstić information content (AvgIpc) is 2.33. The van der Waals surface area contributed by atoms with E-state index in [2.05, 4.69) is 5.32 Å². The van der Waals surface area contributed by atoms with E-state index in [1.807, 2.05) is 33.8 Å². The van der Waals surface area contributed by atoms with Crippen LogP contribution in [0.4, 0.5) is 4.39 Å². The van der Waals surface area contributed by atoms with Gasteiger partial charge in [-0.2, -0.15) is 0 Å². The fourth-order valence-corrected chi connectivity index (χ4v) is 1.51. The van der Waals surface area contributed by atoms with Gasteiger partial charge >= 0.3 is 0 Å². The normalized spacial score (nSPS) is 13.4. The number of rotatable bonds is 6. The molecule has 0 spiro atoms. The Balaban J connectivity index is 2.77. The number of ether oxygens (including phenoxy) is 1. The predicted octanol–water partition coefficient (Wildman–Crippen LogP) is 2.86. The Morgan fingerprint density at radius 3 is 2.63 bits per heavy atom. The minimum atomic E-state index is -0.567. The van der Waals surface area contributed by atoms with Gasteiger partial charge in [0.1, 0.15) is 6.61 Å². The Labute approximate surface area is 114 Å². The predicted molar refractivity (Wildman–Crippen MR) is 74.8 cm³/mol. The first-order valence-corrected chi connectivity index (χ1v) is 6.66. The lowest BCUT2D eigenvalue weighted by atomic mass is 10.1. The average molecular weight is 269 g/mol. The number of para-hydroxylation sites is 1. The standard InChI is InChI=1S/C15H24FNO2/c1-5-12(18)10-19-14-11(7-6-8-13(14)16)9-17-15(2,3)4/h6-8,12,17-18H,5,9-10H2,1-4H3. The number of aliphatic hydroxyl groups excluding tert-OH is 1. The van der Waals surface area contributed by atoms with Gasteiger partial charge in [0.25, 0.3) is 0 Å². The van der Waals surface area contributed by atoms with Gasteiger partial charge in [0.15, 0.2) is 11.6 Å². The van der Waals surface area contributed by atoms with Crippen molar-refractivity contribution in [2.24, 2.45) is 0 Å². The summed E-state index contributed by atoms with van der Waals surface area (Å²) in [6, 6.07) is 4.86. The van der Waals surface area contributed by atoms with Crippen LogP contribution in [0.3, 0.4) is 0 Å². The van der Waals surface area contributed by atoms with Crippen molar-refractivity contribution in [3.63, 3.8) is 0 Å². The lowest BCUT2D eigenvalue weighted by Crippen LogP contribution is -2.35. The molecule has 0 aliphatic heterocycles. The first-order valence-electron chi connectivity index (χ1n) is 6.66. The van der Waals surface area contributed by atoms with Crippen molar-refractivity contribution < 1.29 is 14.2 Å². The van der Waals surface area contributed by atoms with Gasteiger partial charge in [-0.1, -0.05) is 19.1 Å². The molecule has 1 atom stereocenters. The first-order chi connectivity index (χ1) is 8.83. The second kappa shape index (κ2) is 6.87. The Kier molecular flexibility index (Phi) is 5.76. The second-order valence-corrected chi connectivity index (χ2v) is 5.70. The maximum absolute atomic E-state index is 13.8. The Morgan fingerprint density at radius 1 is 1.37 bits per heavy atom. The van der Waals surface area contributed by atoms with Gasteiger partial charge in [0, 0.05) is 17.6 Å². The van der Waals surface area contributed by atoms with E-state index in [9.17, 15) is 9.50 Å². The van der Waals surface area contributed by atoms with Crippen LogP contribution in [0, 0.1) is 5.82 Å². The highest BCUT2D eigenvalue weighted by Crippen LogP contribution is 2.23. The summed E-state index contributed by atoms with van der Waals surface area (Å²) in [7, 11) is 0. The highest BCUT2D eigenvalue weighted by Gasteiger charge is 2.14. The molecule has 0 aliphatic rings. The molecule has 0 saturated carbocycles. The van der Waals surface area contributed by atoms with E-state index in [0.717, 1.165) is 5.56 Å². The summed E-state index contributed by atoms with van der Waals surface area (Å²) in [5.74, 6) is -0.164. The molecule has 0 radical (unpaired) electrons. The van der Waals surface area contributed by atoms with Crippen molar-refractivity contribution in [2.75, 3.05) is 6.61 Å². The minimum Gasteiger partial charge on any atom is -0.487 e. The zero-order valence-corrected chi connectivity index (χ0v) is 12.2. The smallest absolute Gasteiger partial charge is 0.165 e. The Morgan fingerprint density at radius 2 is 2.05 bits per heavy atom. The molecule has 0 aromatic heterocycles. The second-order valence-electron chi connectivity index (χ2n) is 5.70. The lowest BCUT2D eigenvalue weighted by Gasteiger charge is -2.22. The van der Waals surface area contributed by atoms with Crippen LogP contribution in [0.25, 0.3) is 0 Å². The minimum absolute atomic E-state index is 0.0491. The van der Waals surface area contributed by atoms with Crippen LogP contribution in [0.15, 0.2) is 18.2 Å². The monoisotopic (exact) mass is 269 g/mol. The Bertz CT molecular complexity index is 402. The SMILES string of the molecule is CCC(O)COc1c(F)cccc1CNC(C)(C)C. The van der Waals surface area contributed by atoms with E-state index in [1.54, 1.807) is 6.07 Å². The van der Waals surface area contributed by atoms with Gasteiger partial charge in [0.05, 0.1) is 6.10 Å². The van der Waals surface area contributed by atoms with Crippen LogP contribution >= 0.6 is 0 Å². The van der Waals surface area contributed by atoms with Gasteiger partial charge in [0.2, 0.25) is 0 Å². The molecule has 0 bridgehead atoms. The van der Waals surface area contributed by atoms with Gasteiger partial charge in [-0.3, -0.25) is 0 Å². The van der Waals surface area contributed by atoms with Crippen molar-refractivity contribution >= 4 is 0 Å². The maximum Gasteiger partial charge on any atom is 0.165 e. The third-order valence-corrected chi connectivity index (χ3v) is 2.75. The number of benzene rings is 1. The lowest BCUT2D eigenvalue weighted by molar-refractivity contribution is 0.101. The molecule has 1 unspecified atom stereocenters. The van der Waals surface area contributed by atoms with Crippen LogP contribution in [0.1, 0.15) is 39.7 Å². The molecule has 0 aliphatic carbocycles. The number of halogens is 1. The number of nitrogens with one attached hydrogen (secondary N) is 1. The highest BCUT2D eigenvalue weighted by molar-refractivity contribution is 5.35. The summed E-state index contributed by atoms with van der Waals surface area (Å²) in [6.07, 6.45) is 0.0207. The van der Waals surface area contributed by atoms with E-state index in [-0.39, 0.29) is 17.9 Å². The van der Waals surface area contributed by atoms with Crippen molar-refractivity contribution in [1.82, 2.24) is 5.32 Å². The molecule has 0 fully saturated rings. The quantitative estimate of drug-likeness (QED) is 0.834. The van der Waals surface area contributed by atoms with Crippen LogP contribution in [0.2, 0.25) is 0 Å². The molecular weight excluding hydrogens is 245 g/mol. The molecule has 1 rings (SSSR count). The number of hydrogen-bond acceptors (Lipinski definition) is 3. The van der Waals surface area contributed by atoms with E-state index in [1.165, 1.54) is 6.07 Å². The largest absolute Gasteiger partial charge is 0.487 e. The zero-order chi connectivity index (χ0) is 14.5. The van der Waals surface area contributed by atoms with Crippen molar-refractivity contribution in [3.8, 4) is 5.75 Å². The molecule has 0 saturated heterocycles. The van der Waals surface area contributed by atoms with E-state index < -0.39 is 11.9 Å². The molecule has 2 N–H and O–H groups in total. The fraction of sp³-hybridized carbons (Fsp3) is 0.600. The topological polar surface area (TPSA) is 41.5 Å². The van der Waals surface area contributed by atoms with E-state index in [4.69, 9.17) is 4.74 Å². The third-order valence-electron chi connectivity index (χ3n) is 2.75. The summed E-state index contributed by atoms with van der Waals surface area (Å²) < 4.78 is 19.2. The van der Waals surface area contributed by atoms with Crippen molar-refractivity contribution in [2.45, 2.75) is 52.3 Å². The summed E-state index contributed by atoms with van der Waals surface area (Å²) in [5.41, 5.74) is 0.713. The molecule has 108 valence electrons. The summed E-state index contributed by atoms with van der Waals surface area (Å²) >= 11 is 0. The number of aliphatic hydroxyl groups is 1. The van der Waals surface area contributed by atoms with Crippen LogP contribution in [-0.2, 0) is 6.54 Å². The molecule has 4 heteroatoms. The summed E-state index contributed by atoms with van der Waals surface area (Å²) in [4.78, 5) is 0. The molecule has 0 amide bonds. The van der Waals surface area contributed by atoms with Gasteiger partial charge in [-0.15, -0.1) is 0 Å². The molecular formula is C15H24FNO2. The highest BCUT2D eigenvalue weighted by atomic mass is 19.1. The fourth-order valence-electron chi connectivity index (χ4n) is 1.51. The van der Waals surface area contributed by atoms with Gasteiger partial charge in [-0.05, 0) is 33.3 Å².